The molecule has 2 heterocycles. The Morgan fingerprint density at radius 3 is 2.88 bits per heavy atom. The van der Waals surface area contributed by atoms with Crippen LogP contribution in [0.15, 0.2) is 24.5 Å². The number of nitrogens with zero attached hydrogens (tertiary/aromatic N) is 2. The standard InChI is InChI=1S/C17H18N4O3/c1-10-2-3-11(15-16(10)23-9-17(15)4-5-17)24-14-8-19-12(7-20-14)21-13(22)6-18/h2-3,7-8H,4-6,9,18H2,1H3,(H,19,21,22). The van der Waals surface area contributed by atoms with Gasteiger partial charge < -0.3 is 20.5 Å². The first-order chi connectivity index (χ1) is 11.6. The van der Waals surface area contributed by atoms with Crippen LogP contribution >= 0.6 is 0 Å². The summed E-state index contributed by atoms with van der Waals surface area (Å²) in [5.74, 6) is 2.09. The number of aromatic nitrogens is 2. The van der Waals surface area contributed by atoms with Crippen LogP contribution < -0.4 is 20.5 Å². The number of rotatable bonds is 4. The summed E-state index contributed by atoms with van der Waals surface area (Å²) in [6.07, 6.45) is 5.17. The second-order valence-corrected chi connectivity index (χ2v) is 6.25. The summed E-state index contributed by atoms with van der Waals surface area (Å²) in [6.45, 7) is 2.66. The Balaban J connectivity index is 1.59. The predicted molar refractivity (Wildman–Crippen MR) is 87.4 cm³/mol. The molecule has 2 aromatic rings. The summed E-state index contributed by atoms with van der Waals surface area (Å²) in [4.78, 5) is 19.6. The Morgan fingerprint density at radius 1 is 1.38 bits per heavy atom. The number of nitrogens with two attached hydrogens (primary N) is 1. The van der Waals surface area contributed by atoms with E-state index in [1.807, 2.05) is 19.1 Å². The van der Waals surface area contributed by atoms with E-state index in [0.29, 0.717) is 11.7 Å². The fourth-order valence-electron chi connectivity index (χ4n) is 3.01. The van der Waals surface area contributed by atoms with Crippen molar-refractivity contribution in [2.24, 2.45) is 5.73 Å². The summed E-state index contributed by atoms with van der Waals surface area (Å²) in [5.41, 5.74) is 7.62. The van der Waals surface area contributed by atoms with Gasteiger partial charge in [-0.3, -0.25) is 4.79 Å². The van der Waals surface area contributed by atoms with Gasteiger partial charge in [0, 0.05) is 11.0 Å². The monoisotopic (exact) mass is 326 g/mol. The molecule has 1 aliphatic carbocycles. The number of anilines is 1. The molecule has 24 heavy (non-hydrogen) atoms. The van der Waals surface area contributed by atoms with Gasteiger partial charge in [-0.25, -0.2) is 9.97 Å². The van der Waals surface area contributed by atoms with Gasteiger partial charge in [0.25, 0.3) is 0 Å². The third-order valence-electron chi connectivity index (χ3n) is 4.49. The van der Waals surface area contributed by atoms with Gasteiger partial charge in [-0.05, 0) is 31.4 Å². The smallest absolute Gasteiger partial charge is 0.239 e. The molecule has 0 radical (unpaired) electrons. The van der Waals surface area contributed by atoms with Crippen LogP contribution in [0.25, 0.3) is 0 Å². The Labute approximate surface area is 139 Å². The summed E-state index contributed by atoms with van der Waals surface area (Å²) in [5, 5.41) is 2.54. The Hall–Kier alpha value is -2.67. The molecule has 0 unspecified atom stereocenters. The van der Waals surface area contributed by atoms with Crippen LogP contribution in [0, 0.1) is 6.92 Å². The van der Waals surface area contributed by atoms with E-state index in [1.165, 1.54) is 12.4 Å². The van der Waals surface area contributed by atoms with Gasteiger partial charge in [0.05, 0.1) is 25.5 Å². The van der Waals surface area contributed by atoms with Crippen molar-refractivity contribution < 1.29 is 14.3 Å². The molecule has 0 atom stereocenters. The third-order valence-corrected chi connectivity index (χ3v) is 4.49. The van der Waals surface area contributed by atoms with Gasteiger partial charge in [0.1, 0.15) is 11.5 Å². The number of benzene rings is 1. The maximum Gasteiger partial charge on any atom is 0.239 e. The van der Waals surface area contributed by atoms with Crippen molar-refractivity contribution in [1.82, 2.24) is 9.97 Å². The predicted octanol–water partition coefficient (Wildman–Crippen LogP) is 1.90. The summed E-state index contributed by atoms with van der Waals surface area (Å²) >= 11 is 0. The van der Waals surface area contributed by atoms with Crippen molar-refractivity contribution in [3.63, 3.8) is 0 Å². The topological polar surface area (TPSA) is 99.4 Å². The molecule has 2 aliphatic rings. The largest absolute Gasteiger partial charge is 0.492 e. The number of nitrogens with one attached hydrogen (secondary N) is 1. The lowest BCUT2D eigenvalue weighted by Crippen LogP contribution is -2.22. The van der Waals surface area contributed by atoms with E-state index in [-0.39, 0.29) is 17.9 Å². The van der Waals surface area contributed by atoms with Crippen molar-refractivity contribution >= 4 is 11.7 Å². The average Bonchev–Trinajstić information content (AvgIpc) is 3.26. The summed E-state index contributed by atoms with van der Waals surface area (Å²) in [7, 11) is 0. The summed E-state index contributed by atoms with van der Waals surface area (Å²) < 4.78 is 11.8. The molecule has 0 bridgehead atoms. The molecule has 7 nitrogen and oxygen atoms in total. The third kappa shape index (κ3) is 2.46. The van der Waals surface area contributed by atoms with Crippen molar-refractivity contribution in [2.45, 2.75) is 25.2 Å². The molecule has 1 amide bonds. The van der Waals surface area contributed by atoms with Gasteiger partial charge in [-0.15, -0.1) is 0 Å². The van der Waals surface area contributed by atoms with E-state index in [1.54, 1.807) is 0 Å². The second-order valence-electron chi connectivity index (χ2n) is 6.25. The molecule has 4 rings (SSSR count). The van der Waals surface area contributed by atoms with E-state index in [4.69, 9.17) is 15.2 Å². The molecule has 1 aromatic carbocycles. The SMILES string of the molecule is Cc1ccc(Oc2cnc(NC(=O)CN)cn2)c2c1OCC21CC1. The lowest BCUT2D eigenvalue weighted by molar-refractivity contribution is -0.114. The highest BCUT2D eigenvalue weighted by molar-refractivity contribution is 5.90. The Bertz CT molecular complexity index is 800. The van der Waals surface area contributed by atoms with Crippen LogP contribution in [-0.2, 0) is 10.2 Å². The van der Waals surface area contributed by atoms with Crippen molar-refractivity contribution in [3.05, 3.63) is 35.7 Å². The molecule has 124 valence electrons. The van der Waals surface area contributed by atoms with Crippen molar-refractivity contribution in [3.8, 4) is 17.4 Å². The van der Waals surface area contributed by atoms with Crippen LogP contribution in [-0.4, -0.2) is 29.0 Å². The van der Waals surface area contributed by atoms with Gasteiger partial charge >= 0.3 is 0 Å². The van der Waals surface area contributed by atoms with Crippen LogP contribution in [0.4, 0.5) is 5.82 Å². The molecule has 1 saturated carbocycles. The fourth-order valence-corrected chi connectivity index (χ4v) is 3.01. The van der Waals surface area contributed by atoms with E-state index in [2.05, 4.69) is 15.3 Å². The average molecular weight is 326 g/mol. The van der Waals surface area contributed by atoms with Crippen LogP contribution in [0.5, 0.6) is 17.4 Å². The van der Waals surface area contributed by atoms with E-state index < -0.39 is 0 Å². The van der Waals surface area contributed by atoms with E-state index >= 15 is 0 Å². The fraction of sp³-hybridized carbons (Fsp3) is 0.353. The van der Waals surface area contributed by atoms with Gasteiger partial charge in [0.2, 0.25) is 11.8 Å². The number of carbonyl (C=O) groups excluding carboxylic acids is 1. The number of aryl methyl sites for hydroxylation is 1. The molecular weight excluding hydrogens is 308 g/mol. The first-order valence-corrected chi connectivity index (χ1v) is 7.88. The van der Waals surface area contributed by atoms with Crippen LogP contribution in [0.1, 0.15) is 24.0 Å². The van der Waals surface area contributed by atoms with Crippen LogP contribution in [0.3, 0.4) is 0 Å². The number of amides is 1. The van der Waals surface area contributed by atoms with E-state index in [0.717, 1.165) is 42.1 Å². The quantitative estimate of drug-likeness (QED) is 0.890. The first-order valence-electron chi connectivity index (χ1n) is 7.88. The zero-order valence-electron chi connectivity index (χ0n) is 13.3. The zero-order valence-corrected chi connectivity index (χ0v) is 13.3. The minimum Gasteiger partial charge on any atom is -0.492 e. The molecular formula is C17H18N4O3. The second kappa shape index (κ2) is 5.45. The van der Waals surface area contributed by atoms with E-state index in [9.17, 15) is 4.79 Å². The number of hydrogen-bond donors (Lipinski definition) is 2. The molecule has 0 saturated heterocycles. The molecule has 1 aromatic heterocycles. The van der Waals surface area contributed by atoms with Gasteiger partial charge in [-0.2, -0.15) is 0 Å². The zero-order chi connectivity index (χ0) is 16.7. The maximum atomic E-state index is 11.2. The number of hydrogen-bond acceptors (Lipinski definition) is 6. The lowest BCUT2D eigenvalue weighted by atomic mass is 9.95. The lowest BCUT2D eigenvalue weighted by Gasteiger charge is -2.13. The van der Waals surface area contributed by atoms with Crippen molar-refractivity contribution in [1.29, 1.82) is 0 Å². The van der Waals surface area contributed by atoms with Gasteiger partial charge in [-0.1, -0.05) is 6.07 Å². The highest BCUT2D eigenvalue weighted by Crippen LogP contribution is 2.59. The first kappa shape index (κ1) is 14.9. The molecule has 7 heteroatoms. The minimum atomic E-state index is -0.317. The number of carbonyl (C=O) groups is 1. The van der Waals surface area contributed by atoms with Gasteiger partial charge in [0.15, 0.2) is 5.82 Å². The normalized spacial score (nSPS) is 16.4. The molecule has 3 N–H and O–H groups in total. The maximum absolute atomic E-state index is 11.2. The summed E-state index contributed by atoms with van der Waals surface area (Å²) in [6, 6.07) is 3.94. The van der Waals surface area contributed by atoms with Crippen molar-refractivity contribution in [2.75, 3.05) is 18.5 Å². The highest BCUT2D eigenvalue weighted by atomic mass is 16.5. The minimum absolute atomic E-state index is 0.0997. The molecule has 1 fully saturated rings. The Kier molecular flexibility index (Phi) is 3.38. The highest BCUT2D eigenvalue weighted by Gasteiger charge is 2.53. The van der Waals surface area contributed by atoms with Crippen LogP contribution in [0.2, 0.25) is 0 Å². The Morgan fingerprint density at radius 2 is 2.21 bits per heavy atom. The molecule has 1 spiro atoms. The molecule has 1 aliphatic heterocycles. The number of ether oxygens (including phenoxy) is 2. The number of fused-ring (bicyclic) bond motifs is 2.